The molecular weight excluding hydrogens is 294 g/mol. The zero-order valence-electron chi connectivity index (χ0n) is 14.4. The number of nitrogens with zero attached hydrogens (tertiary/aromatic N) is 4. The van der Waals surface area contributed by atoms with Crippen LogP contribution in [0.5, 0.6) is 0 Å². The van der Waals surface area contributed by atoms with Crippen LogP contribution < -0.4 is 10.2 Å². The minimum Gasteiger partial charge on any atom is -0.363 e. The van der Waals surface area contributed by atoms with Crippen LogP contribution in [-0.4, -0.2) is 49.4 Å². The molecule has 0 spiro atoms. The molecule has 1 N–H and O–H groups in total. The number of aromatic nitrogens is 2. The van der Waals surface area contributed by atoms with Crippen LogP contribution in [-0.2, 0) is 13.6 Å². The van der Waals surface area contributed by atoms with Crippen LogP contribution >= 0.6 is 11.3 Å². The summed E-state index contributed by atoms with van der Waals surface area (Å²) in [7, 11) is 10.4. The number of nitrogens with one attached hydrogen (secondary N) is 1. The van der Waals surface area contributed by atoms with Gasteiger partial charge in [0.25, 0.3) is 0 Å². The minimum atomic E-state index is 0.403. The molecule has 0 amide bonds. The van der Waals surface area contributed by atoms with E-state index in [9.17, 15) is 0 Å². The number of anilines is 1. The third kappa shape index (κ3) is 3.69. The lowest BCUT2D eigenvalue weighted by molar-refractivity contribution is 0.292. The molecule has 122 valence electrons. The predicted octanol–water partition coefficient (Wildman–Crippen LogP) is 2.25. The van der Waals surface area contributed by atoms with Gasteiger partial charge < -0.3 is 15.1 Å². The van der Waals surface area contributed by atoms with Crippen molar-refractivity contribution in [1.82, 2.24) is 20.0 Å². The average Bonchev–Trinajstić information content (AvgIpc) is 3.02. The van der Waals surface area contributed by atoms with Crippen molar-refractivity contribution < 1.29 is 0 Å². The molecule has 6 heteroatoms. The highest BCUT2D eigenvalue weighted by molar-refractivity contribution is 7.10. The summed E-state index contributed by atoms with van der Waals surface area (Å²) in [5.41, 5.74) is 2.37. The monoisotopic (exact) mass is 321 g/mol. The Balaban J connectivity index is 2.04. The fraction of sp³-hybridized carbons (Fsp3) is 0.562. The van der Waals surface area contributed by atoms with Crippen LogP contribution in [0.4, 0.5) is 5.82 Å². The van der Waals surface area contributed by atoms with E-state index in [4.69, 9.17) is 0 Å². The van der Waals surface area contributed by atoms with E-state index in [-0.39, 0.29) is 0 Å². The van der Waals surface area contributed by atoms with Crippen molar-refractivity contribution in [3.05, 3.63) is 33.6 Å². The number of rotatable bonds is 7. The van der Waals surface area contributed by atoms with Gasteiger partial charge in [0.2, 0.25) is 0 Å². The molecule has 22 heavy (non-hydrogen) atoms. The Morgan fingerprint density at radius 1 is 1.32 bits per heavy atom. The van der Waals surface area contributed by atoms with Crippen molar-refractivity contribution in [3.63, 3.8) is 0 Å². The number of likely N-dealkylation sites (N-methyl/N-ethyl adjacent to an activating group) is 1. The van der Waals surface area contributed by atoms with Gasteiger partial charge in [-0.2, -0.15) is 5.10 Å². The Kier molecular flexibility index (Phi) is 5.61. The average molecular weight is 321 g/mol. The van der Waals surface area contributed by atoms with Crippen LogP contribution in [0.15, 0.2) is 17.5 Å². The number of thiophene rings is 1. The zero-order chi connectivity index (χ0) is 16.3. The third-order valence-corrected chi connectivity index (χ3v) is 4.84. The highest BCUT2D eigenvalue weighted by Gasteiger charge is 2.17. The summed E-state index contributed by atoms with van der Waals surface area (Å²) in [6, 6.07) is 4.73. The first-order valence-corrected chi connectivity index (χ1v) is 8.40. The quantitative estimate of drug-likeness (QED) is 0.848. The molecule has 2 heterocycles. The second-order valence-corrected chi connectivity index (χ2v) is 7.01. The zero-order valence-corrected chi connectivity index (χ0v) is 15.2. The maximum atomic E-state index is 4.54. The van der Waals surface area contributed by atoms with Gasteiger partial charge in [-0.1, -0.05) is 6.07 Å². The molecule has 0 bridgehead atoms. The lowest BCUT2D eigenvalue weighted by atomic mass is 10.2. The normalized spacial score (nSPS) is 12.9. The Morgan fingerprint density at radius 2 is 2.05 bits per heavy atom. The molecule has 0 aliphatic rings. The van der Waals surface area contributed by atoms with Crippen LogP contribution in [0.3, 0.4) is 0 Å². The first-order chi connectivity index (χ1) is 10.4. The standard InChI is InChI=1S/C16H27N5S/c1-12-13(16(20(4)5)21(6)18-12)10-17-11-14(19(2)3)15-8-7-9-22-15/h7-9,14,17H,10-11H2,1-6H3. The molecule has 0 aliphatic heterocycles. The van der Waals surface area contributed by atoms with Gasteiger partial charge in [0.1, 0.15) is 5.82 Å². The minimum absolute atomic E-state index is 0.403. The Bertz CT molecular complexity index is 586. The van der Waals surface area contributed by atoms with Crippen molar-refractivity contribution in [1.29, 1.82) is 0 Å². The third-order valence-electron chi connectivity index (χ3n) is 3.87. The van der Waals surface area contributed by atoms with Crippen LogP contribution in [0, 0.1) is 6.92 Å². The first kappa shape index (κ1) is 17.0. The van der Waals surface area contributed by atoms with Gasteiger partial charge >= 0.3 is 0 Å². The lowest BCUT2D eigenvalue weighted by Gasteiger charge is -2.24. The van der Waals surface area contributed by atoms with Crippen molar-refractivity contribution in [2.45, 2.75) is 19.5 Å². The van der Waals surface area contributed by atoms with Crippen molar-refractivity contribution in [2.75, 3.05) is 39.6 Å². The van der Waals surface area contributed by atoms with E-state index in [1.165, 1.54) is 16.3 Å². The van der Waals surface area contributed by atoms with Gasteiger partial charge in [-0.15, -0.1) is 11.3 Å². The molecule has 2 aromatic rings. The number of hydrogen-bond donors (Lipinski definition) is 1. The van der Waals surface area contributed by atoms with E-state index < -0.39 is 0 Å². The summed E-state index contributed by atoms with van der Waals surface area (Å²) < 4.78 is 1.95. The summed E-state index contributed by atoms with van der Waals surface area (Å²) in [6.45, 7) is 3.84. The molecule has 5 nitrogen and oxygen atoms in total. The van der Waals surface area contributed by atoms with E-state index >= 15 is 0 Å². The van der Waals surface area contributed by atoms with Gasteiger partial charge in [-0.05, 0) is 32.5 Å². The summed E-state index contributed by atoms with van der Waals surface area (Å²) in [6.07, 6.45) is 0. The van der Waals surface area contributed by atoms with Gasteiger partial charge in [0.05, 0.1) is 11.7 Å². The highest BCUT2D eigenvalue weighted by Crippen LogP contribution is 2.24. The molecule has 2 aromatic heterocycles. The fourth-order valence-electron chi connectivity index (χ4n) is 2.81. The van der Waals surface area contributed by atoms with Crippen LogP contribution in [0.25, 0.3) is 0 Å². The van der Waals surface area contributed by atoms with E-state index in [1.807, 2.05) is 23.1 Å². The Labute approximate surface area is 137 Å². The van der Waals surface area contributed by atoms with Crippen molar-refractivity contribution in [3.8, 4) is 0 Å². The summed E-state index contributed by atoms with van der Waals surface area (Å²) >= 11 is 1.81. The molecule has 0 saturated carbocycles. The molecule has 1 atom stereocenters. The van der Waals surface area contributed by atoms with E-state index in [0.29, 0.717) is 6.04 Å². The van der Waals surface area contributed by atoms with Crippen molar-refractivity contribution in [2.24, 2.45) is 7.05 Å². The molecule has 0 saturated heterocycles. The smallest absolute Gasteiger partial charge is 0.130 e. The maximum absolute atomic E-state index is 4.54. The number of aryl methyl sites for hydroxylation is 2. The molecule has 0 fully saturated rings. The Hall–Kier alpha value is -1.37. The van der Waals surface area contributed by atoms with Gasteiger partial charge in [0, 0.05) is 44.7 Å². The van der Waals surface area contributed by atoms with Gasteiger partial charge in [0.15, 0.2) is 0 Å². The molecule has 0 radical (unpaired) electrons. The first-order valence-electron chi connectivity index (χ1n) is 7.52. The predicted molar refractivity (Wildman–Crippen MR) is 94.7 cm³/mol. The fourth-order valence-corrected chi connectivity index (χ4v) is 3.73. The Morgan fingerprint density at radius 3 is 2.59 bits per heavy atom. The van der Waals surface area contributed by atoms with E-state index in [0.717, 1.165) is 18.8 Å². The van der Waals surface area contributed by atoms with Crippen LogP contribution in [0.2, 0.25) is 0 Å². The molecule has 2 rings (SSSR count). The van der Waals surface area contributed by atoms with Crippen LogP contribution in [0.1, 0.15) is 22.2 Å². The SMILES string of the molecule is Cc1nn(C)c(N(C)C)c1CNCC(c1cccs1)N(C)C. The second kappa shape index (κ2) is 7.26. The molecular formula is C16H27N5S. The molecule has 0 aromatic carbocycles. The second-order valence-electron chi connectivity index (χ2n) is 6.03. The summed E-state index contributed by atoms with van der Waals surface area (Å²) in [5.74, 6) is 1.17. The summed E-state index contributed by atoms with van der Waals surface area (Å²) in [5, 5.41) is 10.3. The van der Waals surface area contributed by atoms with Gasteiger partial charge in [-0.25, -0.2) is 0 Å². The van der Waals surface area contributed by atoms with E-state index in [1.54, 1.807) is 0 Å². The summed E-state index contributed by atoms with van der Waals surface area (Å²) in [4.78, 5) is 5.79. The highest BCUT2D eigenvalue weighted by atomic mass is 32.1. The molecule has 0 aliphatic carbocycles. The molecule has 1 unspecified atom stereocenters. The van der Waals surface area contributed by atoms with Crippen molar-refractivity contribution >= 4 is 17.2 Å². The van der Waals surface area contributed by atoms with Gasteiger partial charge in [-0.3, -0.25) is 4.68 Å². The lowest BCUT2D eigenvalue weighted by Crippen LogP contribution is -2.30. The largest absolute Gasteiger partial charge is 0.363 e. The maximum Gasteiger partial charge on any atom is 0.130 e. The number of hydrogen-bond acceptors (Lipinski definition) is 5. The van der Waals surface area contributed by atoms with E-state index in [2.05, 4.69) is 72.8 Å². The topological polar surface area (TPSA) is 36.3 Å².